The van der Waals surface area contributed by atoms with Crippen LogP contribution in [-0.4, -0.2) is 21.0 Å². The Morgan fingerprint density at radius 3 is 2.70 bits per heavy atom. The van der Waals surface area contributed by atoms with Gasteiger partial charge in [-0.15, -0.1) is 0 Å². The van der Waals surface area contributed by atoms with Crippen molar-refractivity contribution in [3.8, 4) is 11.3 Å². The number of fused-ring (bicyclic) bond motifs is 1. The first-order valence-electron chi connectivity index (χ1n) is 8.73. The van der Waals surface area contributed by atoms with E-state index in [0.717, 1.165) is 0 Å². The minimum absolute atomic E-state index is 0.161. The van der Waals surface area contributed by atoms with E-state index in [-0.39, 0.29) is 34.3 Å². The van der Waals surface area contributed by atoms with E-state index in [2.05, 4.69) is 4.98 Å². The molecule has 0 radical (unpaired) electrons. The molecule has 9 heteroatoms. The number of nitrogens with zero attached hydrogens (tertiary/aromatic N) is 2. The van der Waals surface area contributed by atoms with Crippen LogP contribution in [0.4, 0.5) is 5.69 Å². The molecule has 4 rings (SSSR count). The predicted octanol–water partition coefficient (Wildman–Crippen LogP) is 5.66. The van der Waals surface area contributed by atoms with Crippen LogP contribution in [0.25, 0.3) is 34.1 Å². The quantitative estimate of drug-likeness (QED) is 0.313. The third-order valence-electron chi connectivity index (χ3n) is 4.28. The molecule has 2 aromatic carbocycles. The number of carboxylic acids is 1. The van der Waals surface area contributed by atoms with Crippen molar-refractivity contribution >= 4 is 46.0 Å². The van der Waals surface area contributed by atoms with Crippen molar-refractivity contribution in [2.75, 3.05) is 0 Å². The van der Waals surface area contributed by atoms with Crippen LogP contribution >= 0.6 is 11.6 Å². The Morgan fingerprint density at radius 2 is 1.97 bits per heavy atom. The van der Waals surface area contributed by atoms with E-state index in [9.17, 15) is 20.0 Å². The molecule has 0 spiro atoms. The Labute approximate surface area is 174 Å². The van der Waals surface area contributed by atoms with Crippen LogP contribution in [0.3, 0.4) is 0 Å². The summed E-state index contributed by atoms with van der Waals surface area (Å²) in [5.74, 6) is -0.359. The van der Waals surface area contributed by atoms with Gasteiger partial charge in [0.15, 0.2) is 5.58 Å². The Balaban J connectivity index is 1.75. The van der Waals surface area contributed by atoms with Crippen molar-refractivity contribution in [2.45, 2.75) is 6.42 Å². The van der Waals surface area contributed by atoms with E-state index in [1.54, 1.807) is 36.4 Å². The summed E-state index contributed by atoms with van der Waals surface area (Å²) in [7, 11) is 0. The van der Waals surface area contributed by atoms with Gasteiger partial charge in [-0.1, -0.05) is 23.7 Å². The number of nitro benzene ring substituents is 1. The van der Waals surface area contributed by atoms with Crippen molar-refractivity contribution < 1.29 is 23.7 Å². The highest BCUT2D eigenvalue weighted by Crippen LogP contribution is 2.34. The molecular formula is C21H13ClN2O6. The van der Waals surface area contributed by atoms with Gasteiger partial charge in [-0.2, -0.15) is 0 Å². The van der Waals surface area contributed by atoms with Crippen molar-refractivity contribution in [1.82, 2.24) is 4.98 Å². The fourth-order valence-electron chi connectivity index (χ4n) is 2.97. The number of oxazole rings is 1. The lowest BCUT2D eigenvalue weighted by molar-refractivity contribution is -0.384. The molecule has 2 aromatic heterocycles. The summed E-state index contributed by atoms with van der Waals surface area (Å²) in [4.78, 5) is 26.5. The first-order valence-corrected chi connectivity index (χ1v) is 9.11. The van der Waals surface area contributed by atoms with E-state index >= 15 is 0 Å². The smallest absolute Gasteiger partial charge is 0.308 e. The highest BCUT2D eigenvalue weighted by Gasteiger charge is 2.20. The third kappa shape index (κ3) is 3.94. The molecule has 0 fully saturated rings. The fraction of sp³-hybridized carbons (Fsp3) is 0.0476. The molecular weight excluding hydrogens is 412 g/mol. The zero-order valence-electron chi connectivity index (χ0n) is 15.2. The number of aliphatic carboxylic acids is 1. The Morgan fingerprint density at radius 1 is 1.17 bits per heavy atom. The zero-order valence-corrected chi connectivity index (χ0v) is 16.0. The molecule has 0 aliphatic rings. The van der Waals surface area contributed by atoms with Crippen LogP contribution in [0.15, 0.2) is 63.4 Å². The molecule has 150 valence electrons. The second-order valence-corrected chi connectivity index (χ2v) is 6.78. The number of carboxylic acid groups (broad SMARTS) is 1. The van der Waals surface area contributed by atoms with Gasteiger partial charge in [0, 0.05) is 16.7 Å². The van der Waals surface area contributed by atoms with E-state index in [0.29, 0.717) is 22.4 Å². The zero-order chi connectivity index (χ0) is 21.3. The lowest BCUT2D eigenvalue weighted by Crippen LogP contribution is -1.97. The van der Waals surface area contributed by atoms with E-state index < -0.39 is 10.9 Å². The fourth-order valence-corrected chi connectivity index (χ4v) is 3.14. The average Bonchev–Trinajstić information content (AvgIpc) is 3.33. The number of halogens is 1. The summed E-state index contributed by atoms with van der Waals surface area (Å²) in [5, 5.41) is 20.8. The molecule has 0 amide bonds. The monoisotopic (exact) mass is 424 g/mol. The van der Waals surface area contributed by atoms with Crippen LogP contribution in [0.2, 0.25) is 5.02 Å². The van der Waals surface area contributed by atoms with Crippen molar-refractivity contribution in [3.63, 3.8) is 0 Å². The maximum absolute atomic E-state index is 11.3. The number of hydrogen-bond donors (Lipinski definition) is 1. The molecule has 0 aliphatic heterocycles. The topological polar surface area (TPSA) is 120 Å². The summed E-state index contributed by atoms with van der Waals surface area (Å²) >= 11 is 5.85. The van der Waals surface area contributed by atoms with Gasteiger partial charge >= 0.3 is 5.97 Å². The molecule has 0 saturated carbocycles. The van der Waals surface area contributed by atoms with Gasteiger partial charge in [-0.3, -0.25) is 14.9 Å². The number of aromatic nitrogens is 1. The highest BCUT2D eigenvalue weighted by molar-refractivity contribution is 6.30. The molecule has 30 heavy (non-hydrogen) atoms. The molecule has 0 bridgehead atoms. The van der Waals surface area contributed by atoms with Gasteiger partial charge in [0.2, 0.25) is 5.89 Å². The average molecular weight is 425 g/mol. The maximum Gasteiger partial charge on any atom is 0.308 e. The second-order valence-electron chi connectivity index (χ2n) is 6.35. The first-order chi connectivity index (χ1) is 14.4. The van der Waals surface area contributed by atoms with Gasteiger partial charge in [0.05, 0.1) is 16.9 Å². The van der Waals surface area contributed by atoms with Gasteiger partial charge in [0.1, 0.15) is 17.0 Å². The number of para-hydroxylation sites is 2. The first kappa shape index (κ1) is 19.4. The Bertz CT molecular complexity index is 1270. The molecule has 8 nitrogen and oxygen atoms in total. The van der Waals surface area contributed by atoms with Gasteiger partial charge in [-0.25, -0.2) is 4.98 Å². The predicted molar refractivity (Wildman–Crippen MR) is 110 cm³/mol. The highest BCUT2D eigenvalue weighted by atomic mass is 35.5. The normalized spacial score (nSPS) is 11.7. The Kier molecular flexibility index (Phi) is 5.07. The maximum atomic E-state index is 11.3. The number of nitro groups is 1. The van der Waals surface area contributed by atoms with Crippen molar-refractivity contribution in [2.24, 2.45) is 0 Å². The van der Waals surface area contributed by atoms with Crippen molar-refractivity contribution in [1.29, 1.82) is 0 Å². The van der Waals surface area contributed by atoms with E-state index in [1.807, 2.05) is 0 Å². The summed E-state index contributed by atoms with van der Waals surface area (Å²) in [6, 6.07) is 14.5. The summed E-state index contributed by atoms with van der Waals surface area (Å²) in [6.07, 6.45) is 1.15. The van der Waals surface area contributed by atoms with Crippen LogP contribution in [0.1, 0.15) is 18.1 Å². The lowest BCUT2D eigenvalue weighted by atomic mass is 10.1. The minimum atomic E-state index is -1.07. The van der Waals surface area contributed by atoms with E-state index in [4.69, 9.17) is 20.4 Å². The number of benzene rings is 2. The largest absolute Gasteiger partial charge is 0.481 e. The molecule has 4 aromatic rings. The van der Waals surface area contributed by atoms with Crippen LogP contribution in [0.5, 0.6) is 0 Å². The van der Waals surface area contributed by atoms with Crippen LogP contribution in [0, 0.1) is 10.1 Å². The van der Waals surface area contributed by atoms with Gasteiger partial charge in [0.25, 0.3) is 5.69 Å². The lowest BCUT2D eigenvalue weighted by Gasteiger charge is -2.01. The van der Waals surface area contributed by atoms with Crippen molar-refractivity contribution in [3.05, 3.63) is 81.4 Å². The number of furan rings is 1. The van der Waals surface area contributed by atoms with Crippen LogP contribution < -0.4 is 0 Å². The summed E-state index contributed by atoms with van der Waals surface area (Å²) in [6.45, 7) is 0. The molecule has 2 heterocycles. The summed E-state index contributed by atoms with van der Waals surface area (Å²) < 4.78 is 11.4. The summed E-state index contributed by atoms with van der Waals surface area (Å²) in [5.41, 5.74) is 1.48. The Hall–Kier alpha value is -3.91. The van der Waals surface area contributed by atoms with Gasteiger partial charge < -0.3 is 13.9 Å². The molecule has 0 atom stereocenters. The molecule has 0 aliphatic carbocycles. The standard InChI is InChI=1S/C21H13ClN2O6/c22-13-5-7-15(17(11-13)24(27)28)18-8-6-14(29-18)9-12(10-20(25)26)21-23-16-3-1-2-4-19(16)30-21/h1-9,11H,10H2,(H,25,26). The van der Waals surface area contributed by atoms with Gasteiger partial charge in [-0.05, 0) is 42.5 Å². The third-order valence-corrected chi connectivity index (χ3v) is 4.51. The molecule has 1 N–H and O–H groups in total. The minimum Gasteiger partial charge on any atom is -0.481 e. The van der Waals surface area contributed by atoms with E-state index in [1.165, 1.54) is 24.3 Å². The molecule has 0 unspecified atom stereocenters. The number of rotatable bonds is 6. The number of hydrogen-bond acceptors (Lipinski definition) is 6. The number of carbonyl (C=O) groups is 1. The van der Waals surface area contributed by atoms with Crippen LogP contribution in [-0.2, 0) is 4.79 Å². The SMILES string of the molecule is O=C(O)CC(=Cc1ccc(-c2ccc(Cl)cc2[N+](=O)[O-])o1)c1nc2ccccc2o1. The molecule has 0 saturated heterocycles. The second kappa shape index (κ2) is 7.84.